The summed E-state index contributed by atoms with van der Waals surface area (Å²) in [6.45, 7) is 2.29. The highest BCUT2D eigenvalue weighted by molar-refractivity contribution is 5.01. The van der Waals surface area contributed by atoms with Crippen LogP contribution in [0.1, 0.15) is 44.4 Å². The fourth-order valence-corrected chi connectivity index (χ4v) is 2.41. The van der Waals surface area contributed by atoms with Crippen molar-refractivity contribution in [2.75, 3.05) is 0 Å². The van der Waals surface area contributed by atoms with E-state index >= 15 is 0 Å². The molecule has 4 nitrogen and oxygen atoms in total. The van der Waals surface area contributed by atoms with E-state index in [4.69, 9.17) is 0 Å². The predicted octanol–water partition coefficient (Wildman–Crippen LogP) is 1.67. The first-order valence-corrected chi connectivity index (χ1v) is 5.71. The van der Waals surface area contributed by atoms with Crippen molar-refractivity contribution in [2.45, 2.75) is 38.7 Å². The van der Waals surface area contributed by atoms with Gasteiger partial charge in [0.2, 0.25) is 0 Å². The van der Waals surface area contributed by atoms with Gasteiger partial charge in [-0.3, -0.25) is 0 Å². The van der Waals surface area contributed by atoms with Crippen LogP contribution in [0, 0.1) is 11.8 Å². The van der Waals surface area contributed by atoms with Crippen molar-refractivity contribution in [1.82, 2.24) is 15.0 Å². The van der Waals surface area contributed by atoms with E-state index in [1.807, 2.05) is 7.05 Å². The lowest BCUT2D eigenvalue weighted by Crippen LogP contribution is -2.21. The largest absolute Gasteiger partial charge is 0.386 e. The third-order valence-corrected chi connectivity index (χ3v) is 3.56. The molecule has 0 spiro atoms. The van der Waals surface area contributed by atoms with Crippen LogP contribution in [0.25, 0.3) is 0 Å². The zero-order chi connectivity index (χ0) is 10.8. The molecule has 1 aliphatic rings. The van der Waals surface area contributed by atoms with Gasteiger partial charge in [0, 0.05) is 7.05 Å². The molecule has 1 aromatic heterocycles. The van der Waals surface area contributed by atoms with Gasteiger partial charge in [0.05, 0.1) is 11.9 Å². The molecule has 15 heavy (non-hydrogen) atoms. The van der Waals surface area contributed by atoms with Gasteiger partial charge in [0.1, 0.15) is 6.10 Å². The first-order valence-electron chi connectivity index (χ1n) is 5.71. The molecule has 1 N–H and O–H groups in total. The third kappa shape index (κ3) is 2.20. The van der Waals surface area contributed by atoms with Gasteiger partial charge < -0.3 is 5.11 Å². The van der Waals surface area contributed by atoms with Crippen LogP contribution in [-0.4, -0.2) is 20.1 Å². The van der Waals surface area contributed by atoms with E-state index in [1.165, 1.54) is 12.8 Å². The summed E-state index contributed by atoms with van der Waals surface area (Å²) in [6.07, 6.45) is 5.97. The Hall–Kier alpha value is -0.900. The Bertz CT molecular complexity index is 315. The van der Waals surface area contributed by atoms with Gasteiger partial charge in [0.15, 0.2) is 0 Å². The molecule has 4 heteroatoms. The van der Waals surface area contributed by atoms with E-state index in [2.05, 4.69) is 17.2 Å². The zero-order valence-electron chi connectivity index (χ0n) is 9.43. The Morgan fingerprint density at radius 3 is 2.60 bits per heavy atom. The lowest BCUT2D eigenvalue weighted by atomic mass is 9.79. The normalized spacial score (nSPS) is 29.0. The average molecular weight is 209 g/mol. The Kier molecular flexibility index (Phi) is 3.05. The highest BCUT2D eigenvalue weighted by atomic mass is 16.3. The summed E-state index contributed by atoms with van der Waals surface area (Å²) in [5.41, 5.74) is 0.842. The van der Waals surface area contributed by atoms with Crippen molar-refractivity contribution >= 4 is 0 Å². The number of rotatable bonds is 2. The summed E-state index contributed by atoms with van der Waals surface area (Å²) < 4.78 is 1.67. The number of aromatic nitrogens is 3. The summed E-state index contributed by atoms with van der Waals surface area (Å²) >= 11 is 0. The van der Waals surface area contributed by atoms with Crippen molar-refractivity contribution in [3.8, 4) is 0 Å². The molecule has 0 saturated heterocycles. The summed E-state index contributed by atoms with van der Waals surface area (Å²) in [6, 6.07) is 0. The second kappa shape index (κ2) is 4.31. The van der Waals surface area contributed by atoms with E-state index in [-0.39, 0.29) is 0 Å². The Labute approximate surface area is 90.3 Å². The molecular formula is C11H19N3O. The highest BCUT2D eigenvalue weighted by Gasteiger charge is 2.27. The molecule has 1 heterocycles. The van der Waals surface area contributed by atoms with Crippen molar-refractivity contribution in [2.24, 2.45) is 18.9 Å². The lowest BCUT2D eigenvalue weighted by Gasteiger charge is -2.29. The lowest BCUT2D eigenvalue weighted by molar-refractivity contribution is 0.0690. The fraction of sp³-hybridized carbons (Fsp3) is 0.818. The number of aliphatic hydroxyl groups excluding tert-OH is 1. The molecule has 1 fully saturated rings. The second-order valence-electron chi connectivity index (χ2n) is 4.75. The smallest absolute Gasteiger partial charge is 0.100 e. The molecule has 0 aliphatic heterocycles. The van der Waals surface area contributed by atoms with E-state index in [0.717, 1.165) is 24.5 Å². The van der Waals surface area contributed by atoms with Gasteiger partial charge in [-0.2, -0.15) is 0 Å². The van der Waals surface area contributed by atoms with Crippen LogP contribution in [0.3, 0.4) is 0 Å². The number of aliphatic hydroxyl groups is 1. The Balaban J connectivity index is 2.02. The maximum atomic E-state index is 10.2. The molecule has 1 aliphatic carbocycles. The molecule has 0 bridgehead atoms. The Morgan fingerprint density at radius 2 is 2.07 bits per heavy atom. The summed E-state index contributed by atoms with van der Waals surface area (Å²) in [5, 5.41) is 17.9. The van der Waals surface area contributed by atoms with E-state index in [0.29, 0.717) is 5.92 Å². The van der Waals surface area contributed by atoms with Crippen LogP contribution in [0.5, 0.6) is 0 Å². The third-order valence-electron chi connectivity index (χ3n) is 3.56. The van der Waals surface area contributed by atoms with E-state index in [1.54, 1.807) is 10.9 Å². The maximum absolute atomic E-state index is 10.2. The van der Waals surface area contributed by atoms with Gasteiger partial charge in [-0.1, -0.05) is 25.0 Å². The molecule has 0 amide bonds. The number of aryl methyl sites for hydroxylation is 1. The van der Waals surface area contributed by atoms with Gasteiger partial charge >= 0.3 is 0 Å². The maximum Gasteiger partial charge on any atom is 0.100 e. The van der Waals surface area contributed by atoms with Gasteiger partial charge in [-0.05, 0) is 24.7 Å². The first-order chi connectivity index (χ1) is 7.18. The van der Waals surface area contributed by atoms with Crippen LogP contribution >= 0.6 is 0 Å². The SMILES string of the molecule is CC1CCC(C(O)c2cnnn2C)CC1. The highest BCUT2D eigenvalue weighted by Crippen LogP contribution is 2.36. The number of hydrogen-bond donors (Lipinski definition) is 1. The number of hydrogen-bond acceptors (Lipinski definition) is 3. The topological polar surface area (TPSA) is 50.9 Å². The van der Waals surface area contributed by atoms with Crippen LogP contribution in [-0.2, 0) is 7.05 Å². The van der Waals surface area contributed by atoms with Crippen LogP contribution in [0.4, 0.5) is 0 Å². The van der Waals surface area contributed by atoms with Gasteiger partial charge in [0.25, 0.3) is 0 Å². The van der Waals surface area contributed by atoms with Crippen molar-refractivity contribution in [3.63, 3.8) is 0 Å². The Morgan fingerprint density at radius 1 is 1.40 bits per heavy atom. The van der Waals surface area contributed by atoms with Crippen LogP contribution < -0.4 is 0 Å². The minimum Gasteiger partial charge on any atom is -0.386 e. The minimum atomic E-state index is -0.391. The second-order valence-corrected chi connectivity index (χ2v) is 4.75. The average Bonchev–Trinajstić information content (AvgIpc) is 2.65. The van der Waals surface area contributed by atoms with Crippen molar-refractivity contribution in [3.05, 3.63) is 11.9 Å². The van der Waals surface area contributed by atoms with Crippen molar-refractivity contribution < 1.29 is 5.11 Å². The number of nitrogens with zero attached hydrogens (tertiary/aromatic N) is 3. The van der Waals surface area contributed by atoms with Gasteiger partial charge in [-0.15, -0.1) is 5.10 Å². The molecule has 1 unspecified atom stereocenters. The quantitative estimate of drug-likeness (QED) is 0.806. The molecule has 0 radical (unpaired) electrons. The molecule has 1 aromatic rings. The molecule has 0 aromatic carbocycles. The zero-order valence-corrected chi connectivity index (χ0v) is 9.43. The minimum absolute atomic E-state index is 0.387. The van der Waals surface area contributed by atoms with Crippen LogP contribution in [0.15, 0.2) is 6.20 Å². The van der Waals surface area contributed by atoms with Crippen LogP contribution in [0.2, 0.25) is 0 Å². The predicted molar refractivity (Wildman–Crippen MR) is 57.1 cm³/mol. The molecule has 1 saturated carbocycles. The van der Waals surface area contributed by atoms with Crippen molar-refractivity contribution in [1.29, 1.82) is 0 Å². The molecule has 1 atom stereocenters. The van der Waals surface area contributed by atoms with E-state index < -0.39 is 6.10 Å². The standard InChI is InChI=1S/C11H19N3O/c1-8-3-5-9(6-4-8)11(15)10-7-12-13-14(10)2/h7-9,11,15H,3-6H2,1-2H3. The molecular weight excluding hydrogens is 190 g/mol. The fourth-order valence-electron chi connectivity index (χ4n) is 2.41. The molecule has 2 rings (SSSR count). The monoisotopic (exact) mass is 209 g/mol. The molecule has 84 valence electrons. The summed E-state index contributed by atoms with van der Waals surface area (Å²) in [4.78, 5) is 0. The summed E-state index contributed by atoms with van der Waals surface area (Å²) in [5.74, 6) is 1.21. The van der Waals surface area contributed by atoms with E-state index in [9.17, 15) is 5.11 Å². The summed E-state index contributed by atoms with van der Waals surface area (Å²) in [7, 11) is 1.83. The first kappa shape index (κ1) is 10.6. The van der Waals surface area contributed by atoms with Gasteiger partial charge in [-0.25, -0.2) is 4.68 Å².